The number of ether oxygens (including phenoxy) is 3. The summed E-state index contributed by atoms with van der Waals surface area (Å²) in [6.07, 6.45) is 1.69. The third-order valence-electron chi connectivity index (χ3n) is 3.90. The number of rotatable bonds is 10. The van der Waals surface area contributed by atoms with Gasteiger partial charge >= 0.3 is 6.61 Å². The summed E-state index contributed by atoms with van der Waals surface area (Å²) in [5.74, 6) is 1.54. The highest BCUT2D eigenvalue weighted by molar-refractivity contribution is 5.79. The molecule has 0 aliphatic carbocycles. The molecule has 0 saturated heterocycles. The van der Waals surface area contributed by atoms with E-state index in [1.165, 1.54) is 13.2 Å². The Balaban J connectivity index is 1.97. The minimum absolute atomic E-state index is 0.0157. The lowest BCUT2D eigenvalue weighted by Crippen LogP contribution is -2.36. The second kappa shape index (κ2) is 11.5. The molecule has 29 heavy (non-hydrogen) atoms. The Bertz CT molecular complexity index is 829. The number of methoxy groups -OCH3 is 1. The zero-order valence-electron chi connectivity index (χ0n) is 16.5. The molecule has 2 rings (SSSR count). The number of aliphatic imine (C=N–C) groups is 1. The first kappa shape index (κ1) is 22.0. The fraction of sp³-hybridized carbons (Fsp3) is 0.286. The van der Waals surface area contributed by atoms with Crippen LogP contribution < -0.4 is 24.8 Å². The van der Waals surface area contributed by atoms with Crippen LogP contribution in [-0.4, -0.2) is 33.3 Å². The van der Waals surface area contributed by atoms with Gasteiger partial charge in [0.15, 0.2) is 17.5 Å². The second-order valence-corrected chi connectivity index (χ2v) is 5.85. The zero-order valence-corrected chi connectivity index (χ0v) is 16.5. The molecule has 0 aliphatic rings. The number of benzene rings is 2. The van der Waals surface area contributed by atoms with Crippen LogP contribution in [0.25, 0.3) is 0 Å². The molecule has 2 N–H and O–H groups in total. The minimum Gasteiger partial charge on any atom is -0.493 e. The normalized spacial score (nSPS) is 11.1. The molecule has 6 nitrogen and oxygen atoms in total. The summed E-state index contributed by atoms with van der Waals surface area (Å²) in [4.78, 5) is 4.18. The van der Waals surface area contributed by atoms with E-state index in [0.717, 1.165) is 16.9 Å². The highest BCUT2D eigenvalue weighted by Crippen LogP contribution is 2.29. The molecule has 0 radical (unpaired) electrons. The SMILES string of the molecule is C=CCOc1ccccc1CNC(=NC)NCc1ccc(OC)c(OC(F)F)c1. The van der Waals surface area contributed by atoms with Gasteiger partial charge < -0.3 is 24.8 Å². The lowest BCUT2D eigenvalue weighted by molar-refractivity contribution is -0.0512. The van der Waals surface area contributed by atoms with Gasteiger partial charge in [-0.15, -0.1) is 0 Å². The van der Waals surface area contributed by atoms with Crippen LogP contribution in [0.1, 0.15) is 11.1 Å². The molecular weight excluding hydrogens is 380 g/mol. The average Bonchev–Trinajstić information content (AvgIpc) is 2.72. The number of hydrogen-bond acceptors (Lipinski definition) is 4. The molecule has 8 heteroatoms. The lowest BCUT2D eigenvalue weighted by Gasteiger charge is -2.15. The van der Waals surface area contributed by atoms with Gasteiger partial charge in [-0.1, -0.05) is 36.9 Å². The number of halogens is 2. The van der Waals surface area contributed by atoms with Crippen molar-refractivity contribution >= 4 is 5.96 Å². The Hall–Kier alpha value is -3.29. The summed E-state index contributed by atoms with van der Waals surface area (Å²) in [5.41, 5.74) is 1.70. The summed E-state index contributed by atoms with van der Waals surface area (Å²) in [5, 5.41) is 6.33. The third kappa shape index (κ3) is 6.99. The highest BCUT2D eigenvalue weighted by atomic mass is 19.3. The largest absolute Gasteiger partial charge is 0.493 e. The van der Waals surface area contributed by atoms with Crippen LogP contribution in [-0.2, 0) is 13.1 Å². The standard InChI is InChI=1S/C21H25F2N3O3/c1-4-11-28-17-8-6-5-7-16(17)14-26-21(24-2)25-13-15-9-10-18(27-3)19(12-15)29-20(22)23/h4-10,12,20H,1,11,13-14H2,2-3H3,(H2,24,25,26). The van der Waals surface area contributed by atoms with Gasteiger partial charge in [-0.25, -0.2) is 0 Å². The predicted molar refractivity (Wildman–Crippen MR) is 109 cm³/mol. The molecule has 0 fully saturated rings. The quantitative estimate of drug-likeness (QED) is 0.358. The summed E-state index contributed by atoms with van der Waals surface area (Å²) in [6, 6.07) is 12.5. The highest BCUT2D eigenvalue weighted by Gasteiger charge is 2.11. The summed E-state index contributed by atoms with van der Waals surface area (Å²) >= 11 is 0. The topological polar surface area (TPSA) is 64.1 Å². The van der Waals surface area contributed by atoms with Crippen LogP contribution in [0.4, 0.5) is 8.78 Å². The van der Waals surface area contributed by atoms with Gasteiger partial charge in [-0.05, 0) is 23.8 Å². The smallest absolute Gasteiger partial charge is 0.387 e. The lowest BCUT2D eigenvalue weighted by atomic mass is 10.2. The van der Waals surface area contributed by atoms with Crippen LogP contribution in [0.5, 0.6) is 17.2 Å². The Morgan fingerprint density at radius 3 is 2.55 bits per heavy atom. The molecule has 156 valence electrons. The molecule has 0 aliphatic heterocycles. The number of guanidine groups is 1. The van der Waals surface area contributed by atoms with Gasteiger partial charge in [0, 0.05) is 25.7 Å². The predicted octanol–water partition coefficient (Wildman–Crippen LogP) is 3.73. The number of hydrogen-bond donors (Lipinski definition) is 2. The summed E-state index contributed by atoms with van der Waals surface area (Å²) < 4.78 is 40.3. The molecule has 0 heterocycles. The number of alkyl halides is 2. The first-order chi connectivity index (χ1) is 14.1. The molecule has 0 spiro atoms. The summed E-state index contributed by atoms with van der Waals surface area (Å²) in [7, 11) is 3.04. The van der Waals surface area contributed by atoms with E-state index in [1.807, 2.05) is 24.3 Å². The Labute approximate surface area is 169 Å². The van der Waals surface area contributed by atoms with E-state index in [2.05, 4.69) is 26.9 Å². The molecule has 0 bridgehead atoms. The zero-order chi connectivity index (χ0) is 21.1. The van der Waals surface area contributed by atoms with Crippen LogP contribution in [0.3, 0.4) is 0 Å². The van der Waals surface area contributed by atoms with E-state index in [9.17, 15) is 8.78 Å². The van der Waals surface area contributed by atoms with E-state index in [-0.39, 0.29) is 11.5 Å². The van der Waals surface area contributed by atoms with Crippen LogP contribution in [0.15, 0.2) is 60.1 Å². The molecular formula is C21H25F2N3O3. The van der Waals surface area contributed by atoms with Crippen molar-refractivity contribution in [3.63, 3.8) is 0 Å². The van der Waals surface area contributed by atoms with Gasteiger partial charge in [0.2, 0.25) is 0 Å². The number of nitrogens with one attached hydrogen (secondary N) is 2. The van der Waals surface area contributed by atoms with E-state index in [0.29, 0.717) is 25.7 Å². The maximum absolute atomic E-state index is 12.6. The number of nitrogens with zero attached hydrogens (tertiary/aromatic N) is 1. The Morgan fingerprint density at radius 1 is 1.10 bits per heavy atom. The molecule has 0 saturated carbocycles. The van der Waals surface area contributed by atoms with Crippen LogP contribution in [0, 0.1) is 0 Å². The molecule has 2 aromatic carbocycles. The third-order valence-corrected chi connectivity index (χ3v) is 3.90. The fourth-order valence-corrected chi connectivity index (χ4v) is 2.54. The molecule has 0 atom stereocenters. The van der Waals surface area contributed by atoms with E-state index in [1.54, 1.807) is 25.3 Å². The minimum atomic E-state index is -2.93. The Morgan fingerprint density at radius 2 is 1.86 bits per heavy atom. The van der Waals surface area contributed by atoms with Crippen molar-refractivity contribution < 1.29 is 23.0 Å². The van der Waals surface area contributed by atoms with Crippen molar-refractivity contribution in [1.29, 1.82) is 0 Å². The van der Waals surface area contributed by atoms with E-state index in [4.69, 9.17) is 9.47 Å². The molecule has 0 unspecified atom stereocenters. The van der Waals surface area contributed by atoms with E-state index >= 15 is 0 Å². The Kier molecular flexibility index (Phi) is 8.75. The number of para-hydroxylation sites is 1. The van der Waals surface area contributed by atoms with Crippen molar-refractivity contribution in [3.8, 4) is 17.2 Å². The van der Waals surface area contributed by atoms with Gasteiger partial charge in [0.1, 0.15) is 12.4 Å². The van der Waals surface area contributed by atoms with Gasteiger partial charge in [-0.2, -0.15) is 8.78 Å². The van der Waals surface area contributed by atoms with E-state index < -0.39 is 6.61 Å². The van der Waals surface area contributed by atoms with Crippen molar-refractivity contribution in [3.05, 3.63) is 66.2 Å². The molecule has 0 aromatic heterocycles. The van der Waals surface area contributed by atoms with Gasteiger partial charge in [0.25, 0.3) is 0 Å². The van der Waals surface area contributed by atoms with Gasteiger partial charge in [-0.3, -0.25) is 4.99 Å². The van der Waals surface area contributed by atoms with Gasteiger partial charge in [0.05, 0.1) is 7.11 Å². The molecule has 2 aromatic rings. The van der Waals surface area contributed by atoms with Crippen molar-refractivity contribution in [2.24, 2.45) is 4.99 Å². The first-order valence-corrected chi connectivity index (χ1v) is 8.95. The van der Waals surface area contributed by atoms with Crippen molar-refractivity contribution in [2.75, 3.05) is 20.8 Å². The first-order valence-electron chi connectivity index (χ1n) is 8.95. The van der Waals surface area contributed by atoms with Crippen LogP contribution in [0.2, 0.25) is 0 Å². The summed E-state index contributed by atoms with van der Waals surface area (Å²) in [6.45, 7) is 2.00. The molecule has 0 amide bonds. The fourth-order valence-electron chi connectivity index (χ4n) is 2.54. The average molecular weight is 405 g/mol. The maximum atomic E-state index is 12.6. The maximum Gasteiger partial charge on any atom is 0.387 e. The van der Waals surface area contributed by atoms with Crippen LogP contribution >= 0.6 is 0 Å². The monoisotopic (exact) mass is 405 g/mol. The van der Waals surface area contributed by atoms with Crippen molar-refractivity contribution in [1.82, 2.24) is 10.6 Å². The van der Waals surface area contributed by atoms with Crippen molar-refractivity contribution in [2.45, 2.75) is 19.7 Å². The second-order valence-electron chi connectivity index (χ2n) is 5.85.